The number of carbonyl (C=O) groups excluding carboxylic acids is 1. The first-order valence-corrected chi connectivity index (χ1v) is 5.87. The topological polar surface area (TPSA) is 62.6 Å². The van der Waals surface area contributed by atoms with Gasteiger partial charge in [0.15, 0.2) is 11.5 Å². The molecule has 1 fully saturated rings. The number of benzene rings is 1. The highest BCUT2D eigenvalue weighted by atomic mass is 16.6. The molecule has 5 nitrogen and oxygen atoms in total. The van der Waals surface area contributed by atoms with Crippen molar-refractivity contribution < 1.29 is 14.3 Å². The first-order valence-electron chi connectivity index (χ1n) is 5.87. The number of hydrogen-bond donors (Lipinski definition) is 0. The van der Waals surface area contributed by atoms with Crippen LogP contribution in [-0.2, 0) is 4.79 Å². The monoisotopic (exact) mass is 244 g/mol. The Morgan fingerprint density at radius 1 is 1.28 bits per heavy atom. The first-order chi connectivity index (χ1) is 8.78. The van der Waals surface area contributed by atoms with E-state index in [2.05, 4.69) is 6.07 Å². The molecule has 3 rings (SSSR count). The Morgan fingerprint density at radius 2 is 2.06 bits per heavy atom. The predicted molar refractivity (Wildman–Crippen MR) is 63.5 cm³/mol. The largest absolute Gasteiger partial charge is 0.486 e. The predicted octanol–water partition coefficient (Wildman–Crippen LogP) is 1.33. The summed E-state index contributed by atoms with van der Waals surface area (Å²) in [6, 6.07) is 7.56. The summed E-state index contributed by atoms with van der Waals surface area (Å²) in [6.07, 6.45) is 0.297. The van der Waals surface area contributed by atoms with E-state index in [1.165, 1.54) is 0 Å². The van der Waals surface area contributed by atoms with Gasteiger partial charge in [-0.25, -0.2) is 0 Å². The molecule has 2 heterocycles. The second kappa shape index (κ2) is 4.22. The van der Waals surface area contributed by atoms with Crippen LogP contribution in [-0.4, -0.2) is 25.7 Å². The molecule has 1 saturated heterocycles. The minimum absolute atomic E-state index is 0.0155. The summed E-state index contributed by atoms with van der Waals surface area (Å²) in [7, 11) is 0. The van der Waals surface area contributed by atoms with Gasteiger partial charge in [-0.05, 0) is 12.1 Å². The van der Waals surface area contributed by atoms with E-state index in [1.54, 1.807) is 17.0 Å². The molecular weight excluding hydrogens is 232 g/mol. The van der Waals surface area contributed by atoms with Crippen molar-refractivity contribution in [1.29, 1.82) is 5.26 Å². The van der Waals surface area contributed by atoms with Gasteiger partial charge in [-0.2, -0.15) is 5.26 Å². The molecule has 1 unspecified atom stereocenters. The van der Waals surface area contributed by atoms with Crippen molar-refractivity contribution in [1.82, 2.24) is 0 Å². The molecule has 18 heavy (non-hydrogen) atoms. The lowest BCUT2D eigenvalue weighted by Gasteiger charge is -2.22. The highest BCUT2D eigenvalue weighted by molar-refractivity contribution is 5.96. The fraction of sp³-hybridized carbons (Fsp3) is 0.385. The van der Waals surface area contributed by atoms with E-state index in [0.717, 1.165) is 5.69 Å². The molecule has 0 radical (unpaired) electrons. The maximum absolute atomic E-state index is 11.8. The van der Waals surface area contributed by atoms with E-state index in [1.807, 2.05) is 6.07 Å². The molecule has 2 aliphatic rings. The Morgan fingerprint density at radius 3 is 2.78 bits per heavy atom. The Hall–Kier alpha value is -2.22. The van der Waals surface area contributed by atoms with Crippen LogP contribution in [0.4, 0.5) is 5.69 Å². The third-order valence-electron chi connectivity index (χ3n) is 3.15. The van der Waals surface area contributed by atoms with Crippen molar-refractivity contribution >= 4 is 11.6 Å². The van der Waals surface area contributed by atoms with E-state index in [9.17, 15) is 4.79 Å². The van der Waals surface area contributed by atoms with Crippen molar-refractivity contribution in [3.05, 3.63) is 18.2 Å². The molecular formula is C13H12N2O3. The van der Waals surface area contributed by atoms with Crippen molar-refractivity contribution in [3.63, 3.8) is 0 Å². The number of amides is 1. The van der Waals surface area contributed by atoms with Crippen LogP contribution in [0.3, 0.4) is 0 Å². The van der Waals surface area contributed by atoms with Gasteiger partial charge in [-0.1, -0.05) is 0 Å². The van der Waals surface area contributed by atoms with E-state index in [-0.39, 0.29) is 11.8 Å². The number of hydrogen-bond acceptors (Lipinski definition) is 4. The van der Waals surface area contributed by atoms with E-state index in [4.69, 9.17) is 14.7 Å². The van der Waals surface area contributed by atoms with Crippen molar-refractivity contribution in [2.24, 2.45) is 5.92 Å². The van der Waals surface area contributed by atoms with E-state index in [0.29, 0.717) is 37.7 Å². The van der Waals surface area contributed by atoms with Gasteiger partial charge >= 0.3 is 0 Å². The quantitative estimate of drug-likeness (QED) is 0.747. The van der Waals surface area contributed by atoms with Crippen molar-refractivity contribution in [3.8, 4) is 17.6 Å². The molecule has 1 aromatic rings. The van der Waals surface area contributed by atoms with Gasteiger partial charge in [0, 0.05) is 24.7 Å². The fourth-order valence-corrected chi connectivity index (χ4v) is 2.24. The van der Waals surface area contributed by atoms with Crippen LogP contribution in [0.1, 0.15) is 6.42 Å². The molecule has 92 valence electrons. The van der Waals surface area contributed by atoms with Crippen LogP contribution in [0, 0.1) is 17.2 Å². The van der Waals surface area contributed by atoms with Gasteiger partial charge in [-0.3, -0.25) is 4.79 Å². The first kappa shape index (κ1) is 10.9. The van der Waals surface area contributed by atoms with Crippen molar-refractivity contribution in [2.75, 3.05) is 24.7 Å². The third kappa shape index (κ3) is 1.76. The molecule has 2 aliphatic heterocycles. The molecule has 0 bridgehead atoms. The van der Waals surface area contributed by atoms with Crippen LogP contribution in [0.5, 0.6) is 11.5 Å². The molecule has 0 spiro atoms. The summed E-state index contributed by atoms with van der Waals surface area (Å²) in [6.45, 7) is 1.52. The van der Waals surface area contributed by atoms with E-state index < -0.39 is 0 Å². The second-order valence-electron chi connectivity index (χ2n) is 4.36. The van der Waals surface area contributed by atoms with Gasteiger partial charge in [0.05, 0.1) is 12.0 Å². The smallest absolute Gasteiger partial charge is 0.228 e. The SMILES string of the molecule is N#CC1CC(=O)N(c2ccc3c(c2)OCCO3)C1. The zero-order chi connectivity index (χ0) is 12.5. The lowest BCUT2D eigenvalue weighted by atomic mass is 10.1. The van der Waals surface area contributed by atoms with Gasteiger partial charge in [0.1, 0.15) is 13.2 Å². The molecule has 1 aromatic carbocycles. The molecule has 1 amide bonds. The summed E-state index contributed by atoms with van der Waals surface area (Å²) >= 11 is 0. The van der Waals surface area contributed by atoms with Crippen molar-refractivity contribution in [2.45, 2.75) is 6.42 Å². The van der Waals surface area contributed by atoms with E-state index >= 15 is 0 Å². The number of carbonyl (C=O) groups is 1. The lowest BCUT2D eigenvalue weighted by Crippen LogP contribution is -2.24. The van der Waals surface area contributed by atoms with Crippen LogP contribution in [0.15, 0.2) is 18.2 Å². The summed E-state index contributed by atoms with van der Waals surface area (Å²) in [5.41, 5.74) is 0.766. The van der Waals surface area contributed by atoms with Gasteiger partial charge in [0.2, 0.25) is 5.91 Å². The Balaban J connectivity index is 1.89. The molecule has 0 saturated carbocycles. The minimum atomic E-state index is -0.217. The van der Waals surface area contributed by atoms with Crippen LogP contribution >= 0.6 is 0 Å². The average molecular weight is 244 g/mol. The van der Waals surface area contributed by atoms with Crippen LogP contribution < -0.4 is 14.4 Å². The summed E-state index contributed by atoms with van der Waals surface area (Å²) < 4.78 is 10.9. The van der Waals surface area contributed by atoms with Gasteiger partial charge < -0.3 is 14.4 Å². The fourth-order valence-electron chi connectivity index (χ4n) is 2.24. The Labute approximate surface area is 105 Å². The second-order valence-corrected chi connectivity index (χ2v) is 4.36. The standard InChI is InChI=1S/C13H12N2O3/c14-7-9-5-13(16)15(8-9)10-1-2-11-12(6-10)18-4-3-17-11/h1-2,6,9H,3-5,8H2. The summed E-state index contributed by atoms with van der Waals surface area (Å²) in [5.74, 6) is 1.13. The number of nitriles is 1. The van der Waals surface area contributed by atoms with Crippen LogP contribution in [0.2, 0.25) is 0 Å². The Bertz CT molecular complexity index is 536. The highest BCUT2D eigenvalue weighted by Gasteiger charge is 2.31. The summed E-state index contributed by atoms with van der Waals surface area (Å²) in [5, 5.41) is 8.87. The number of nitrogens with zero attached hydrogens (tertiary/aromatic N) is 2. The maximum Gasteiger partial charge on any atom is 0.228 e. The normalized spacial score (nSPS) is 21.8. The lowest BCUT2D eigenvalue weighted by molar-refractivity contribution is -0.117. The van der Waals surface area contributed by atoms with Gasteiger partial charge in [0.25, 0.3) is 0 Å². The molecule has 0 N–H and O–H groups in total. The molecule has 5 heteroatoms. The summed E-state index contributed by atoms with van der Waals surface area (Å²) in [4.78, 5) is 13.4. The van der Waals surface area contributed by atoms with Crippen LogP contribution in [0.25, 0.3) is 0 Å². The molecule has 1 atom stereocenters. The number of fused-ring (bicyclic) bond motifs is 1. The third-order valence-corrected chi connectivity index (χ3v) is 3.15. The number of anilines is 1. The molecule has 0 aliphatic carbocycles. The average Bonchev–Trinajstić information content (AvgIpc) is 2.79. The zero-order valence-corrected chi connectivity index (χ0v) is 9.76. The number of ether oxygens (including phenoxy) is 2. The maximum atomic E-state index is 11.8. The minimum Gasteiger partial charge on any atom is -0.486 e. The van der Waals surface area contributed by atoms with Gasteiger partial charge in [-0.15, -0.1) is 0 Å². The highest BCUT2D eigenvalue weighted by Crippen LogP contribution is 2.35. The zero-order valence-electron chi connectivity index (χ0n) is 9.76. The molecule has 0 aromatic heterocycles. The Kier molecular flexibility index (Phi) is 2.56. The number of rotatable bonds is 1.